The lowest BCUT2D eigenvalue weighted by atomic mass is 9.93. The fourth-order valence-corrected chi connectivity index (χ4v) is 6.70. The van der Waals surface area contributed by atoms with Gasteiger partial charge in [-0.05, 0) is 101 Å². The number of aryl methyl sites for hydroxylation is 2. The van der Waals surface area contributed by atoms with Crippen molar-refractivity contribution in [2.75, 3.05) is 39.8 Å². The topological polar surface area (TPSA) is 92.1 Å². The van der Waals surface area contributed by atoms with Gasteiger partial charge >= 0.3 is 0 Å². The first-order valence-electron chi connectivity index (χ1n) is 12.5. The summed E-state index contributed by atoms with van der Waals surface area (Å²) in [5.74, 6) is 1.64. The number of furan rings is 1. The summed E-state index contributed by atoms with van der Waals surface area (Å²) in [6.07, 6.45) is 7.35. The third kappa shape index (κ3) is 6.26. The normalized spacial score (nSPS) is 17.7. The maximum absolute atomic E-state index is 13.0. The van der Waals surface area contributed by atoms with Gasteiger partial charge in [0, 0.05) is 13.1 Å². The van der Waals surface area contributed by atoms with Gasteiger partial charge in [-0.15, -0.1) is 0 Å². The minimum atomic E-state index is -3.76. The Balaban J connectivity index is 1.29. The fraction of sp³-hybridized carbons (Fsp3) is 0.577. The van der Waals surface area contributed by atoms with Gasteiger partial charge in [-0.3, -0.25) is 4.79 Å². The molecular formula is C26H37N3O5S. The number of hydrogen-bond donors (Lipinski definition) is 1. The quantitative estimate of drug-likeness (QED) is 0.561. The minimum Gasteiger partial charge on any atom is -0.497 e. The molecule has 1 amide bonds. The Kier molecular flexibility index (Phi) is 8.19. The SMILES string of the molecule is COc1cc(C)c(S(=O)(=O)NCc2cc(C(=O)N3CCC(CCN4CCCC4)CC3)co2)c(C)c1. The second-order valence-corrected chi connectivity index (χ2v) is 11.5. The number of carbonyl (C=O) groups excluding carboxylic acids is 1. The molecule has 0 unspecified atom stereocenters. The van der Waals surface area contributed by atoms with Gasteiger partial charge in [-0.25, -0.2) is 13.1 Å². The first kappa shape index (κ1) is 25.7. The molecule has 1 aromatic carbocycles. The van der Waals surface area contributed by atoms with Crippen LogP contribution in [0.25, 0.3) is 0 Å². The molecule has 0 bridgehead atoms. The molecule has 2 aliphatic heterocycles. The molecule has 2 aromatic rings. The number of rotatable bonds is 9. The predicted octanol–water partition coefficient (Wildman–Crippen LogP) is 3.72. The third-order valence-electron chi connectivity index (χ3n) is 7.23. The van der Waals surface area contributed by atoms with Gasteiger partial charge < -0.3 is 19.0 Å². The van der Waals surface area contributed by atoms with E-state index < -0.39 is 10.0 Å². The highest BCUT2D eigenvalue weighted by molar-refractivity contribution is 7.89. The lowest BCUT2D eigenvalue weighted by molar-refractivity contribution is 0.0681. The second-order valence-electron chi connectivity index (χ2n) is 9.79. The van der Waals surface area contributed by atoms with Crippen molar-refractivity contribution in [2.24, 2.45) is 5.92 Å². The lowest BCUT2D eigenvalue weighted by Gasteiger charge is -2.32. The van der Waals surface area contributed by atoms with Gasteiger partial charge in [0.05, 0.1) is 24.1 Å². The Labute approximate surface area is 208 Å². The number of ether oxygens (including phenoxy) is 1. The second kappa shape index (κ2) is 11.1. The Bertz CT molecular complexity index is 1110. The molecule has 2 fully saturated rings. The summed E-state index contributed by atoms with van der Waals surface area (Å²) in [6, 6.07) is 5.03. The summed E-state index contributed by atoms with van der Waals surface area (Å²) in [4.78, 5) is 17.6. The molecule has 1 aromatic heterocycles. The summed E-state index contributed by atoms with van der Waals surface area (Å²) in [5, 5.41) is 0. The smallest absolute Gasteiger partial charge is 0.257 e. The van der Waals surface area contributed by atoms with Gasteiger partial charge in [0.15, 0.2) is 0 Å². The standard InChI is InChI=1S/C26H37N3O5S/c1-19-14-23(33-3)15-20(2)25(19)35(31,32)27-17-24-16-22(18-34-24)26(30)29-12-7-21(8-13-29)6-11-28-9-4-5-10-28/h14-16,18,21,27H,4-13,17H2,1-3H3. The Morgan fingerprint density at radius 3 is 2.37 bits per heavy atom. The van der Waals surface area contributed by atoms with E-state index in [2.05, 4.69) is 9.62 Å². The summed E-state index contributed by atoms with van der Waals surface area (Å²) in [6.45, 7) is 8.60. The number of sulfonamides is 1. The van der Waals surface area contributed by atoms with E-state index in [-0.39, 0.29) is 17.3 Å². The molecule has 2 aliphatic rings. The molecule has 4 rings (SSSR count). The number of benzene rings is 1. The number of piperidine rings is 1. The van der Waals surface area contributed by atoms with Crippen LogP contribution in [0.2, 0.25) is 0 Å². The number of nitrogens with one attached hydrogen (secondary N) is 1. The zero-order valence-corrected chi connectivity index (χ0v) is 21.8. The van der Waals surface area contributed by atoms with Crippen LogP contribution >= 0.6 is 0 Å². The molecule has 0 spiro atoms. The molecule has 35 heavy (non-hydrogen) atoms. The first-order valence-corrected chi connectivity index (χ1v) is 14.0. The zero-order chi connectivity index (χ0) is 25.0. The molecule has 9 heteroatoms. The van der Waals surface area contributed by atoms with E-state index in [1.807, 2.05) is 4.90 Å². The van der Waals surface area contributed by atoms with Crippen molar-refractivity contribution < 1.29 is 22.4 Å². The van der Waals surface area contributed by atoms with E-state index in [4.69, 9.17) is 9.15 Å². The summed E-state index contributed by atoms with van der Waals surface area (Å²) >= 11 is 0. The fourth-order valence-electron chi connectivity index (χ4n) is 5.25. The van der Waals surface area contributed by atoms with Crippen molar-refractivity contribution in [2.45, 2.75) is 57.4 Å². The molecule has 192 valence electrons. The van der Waals surface area contributed by atoms with E-state index in [1.165, 1.54) is 45.2 Å². The first-order chi connectivity index (χ1) is 16.8. The Hall–Kier alpha value is -2.36. The van der Waals surface area contributed by atoms with E-state index >= 15 is 0 Å². The van der Waals surface area contributed by atoms with Crippen molar-refractivity contribution in [1.29, 1.82) is 0 Å². The number of methoxy groups -OCH3 is 1. The monoisotopic (exact) mass is 503 g/mol. The molecule has 2 saturated heterocycles. The molecule has 0 aliphatic carbocycles. The Morgan fingerprint density at radius 1 is 1.09 bits per heavy atom. The number of likely N-dealkylation sites (tertiary alicyclic amines) is 2. The number of carbonyl (C=O) groups is 1. The molecular weight excluding hydrogens is 466 g/mol. The van der Waals surface area contributed by atoms with E-state index in [0.717, 1.165) is 25.9 Å². The molecule has 0 atom stereocenters. The van der Waals surface area contributed by atoms with Crippen LogP contribution in [0.15, 0.2) is 33.8 Å². The highest BCUT2D eigenvalue weighted by Gasteiger charge is 2.26. The largest absolute Gasteiger partial charge is 0.497 e. The number of hydrogen-bond acceptors (Lipinski definition) is 6. The van der Waals surface area contributed by atoms with Crippen molar-refractivity contribution in [3.05, 3.63) is 46.9 Å². The maximum atomic E-state index is 13.0. The van der Waals surface area contributed by atoms with Crippen molar-refractivity contribution in [3.63, 3.8) is 0 Å². The predicted molar refractivity (Wildman–Crippen MR) is 134 cm³/mol. The van der Waals surface area contributed by atoms with E-state index in [0.29, 0.717) is 34.1 Å². The van der Waals surface area contributed by atoms with Crippen LogP contribution in [-0.4, -0.2) is 64.0 Å². The van der Waals surface area contributed by atoms with Gasteiger partial charge in [-0.1, -0.05) is 0 Å². The zero-order valence-electron chi connectivity index (χ0n) is 21.0. The third-order valence-corrected chi connectivity index (χ3v) is 8.94. The highest BCUT2D eigenvalue weighted by atomic mass is 32.2. The van der Waals surface area contributed by atoms with Crippen LogP contribution in [0.3, 0.4) is 0 Å². The molecule has 8 nitrogen and oxygen atoms in total. The van der Waals surface area contributed by atoms with Crippen LogP contribution in [-0.2, 0) is 16.6 Å². The van der Waals surface area contributed by atoms with Gasteiger partial charge in [-0.2, -0.15) is 0 Å². The maximum Gasteiger partial charge on any atom is 0.257 e. The molecule has 3 heterocycles. The Morgan fingerprint density at radius 2 is 1.74 bits per heavy atom. The van der Waals surface area contributed by atoms with Crippen molar-refractivity contribution in [1.82, 2.24) is 14.5 Å². The molecule has 1 N–H and O–H groups in total. The summed E-state index contributed by atoms with van der Waals surface area (Å²) in [7, 11) is -2.21. The van der Waals surface area contributed by atoms with Crippen LogP contribution in [0.4, 0.5) is 0 Å². The molecule has 0 radical (unpaired) electrons. The summed E-state index contributed by atoms with van der Waals surface area (Å²) in [5.41, 5.74) is 1.67. The number of amides is 1. The summed E-state index contributed by atoms with van der Waals surface area (Å²) < 4.78 is 39.2. The number of nitrogens with zero attached hydrogens (tertiary/aromatic N) is 2. The minimum absolute atomic E-state index is 0.0287. The van der Waals surface area contributed by atoms with Crippen molar-refractivity contribution >= 4 is 15.9 Å². The van der Waals surface area contributed by atoms with Gasteiger partial charge in [0.25, 0.3) is 5.91 Å². The molecule has 0 saturated carbocycles. The average Bonchev–Trinajstić information content (AvgIpc) is 3.53. The van der Waals surface area contributed by atoms with Crippen LogP contribution in [0.5, 0.6) is 5.75 Å². The van der Waals surface area contributed by atoms with Crippen LogP contribution in [0, 0.1) is 19.8 Å². The van der Waals surface area contributed by atoms with Crippen LogP contribution in [0.1, 0.15) is 59.3 Å². The van der Waals surface area contributed by atoms with E-state index in [9.17, 15) is 13.2 Å². The van der Waals surface area contributed by atoms with Gasteiger partial charge in [0.1, 0.15) is 17.8 Å². The lowest BCUT2D eigenvalue weighted by Crippen LogP contribution is -2.39. The van der Waals surface area contributed by atoms with Gasteiger partial charge in [0.2, 0.25) is 10.0 Å². The van der Waals surface area contributed by atoms with Crippen molar-refractivity contribution in [3.8, 4) is 5.75 Å². The average molecular weight is 504 g/mol. The van der Waals surface area contributed by atoms with Crippen LogP contribution < -0.4 is 9.46 Å². The highest BCUT2D eigenvalue weighted by Crippen LogP contribution is 2.26. The van der Waals surface area contributed by atoms with E-state index in [1.54, 1.807) is 39.2 Å².